The summed E-state index contributed by atoms with van der Waals surface area (Å²) in [6, 6.07) is 14.4. The van der Waals surface area contributed by atoms with Crippen molar-refractivity contribution in [1.29, 1.82) is 0 Å². The Morgan fingerprint density at radius 2 is 1.48 bits per heavy atom. The molecular weight excluding hydrogens is 336 g/mol. The van der Waals surface area contributed by atoms with Crippen LogP contribution >= 0.6 is 11.6 Å². The van der Waals surface area contributed by atoms with E-state index >= 15 is 0 Å². The molecule has 2 aromatic carbocycles. The number of halogens is 1. The number of ether oxygens (including phenoxy) is 2. The number of quaternary nitrogens is 2. The zero-order chi connectivity index (χ0) is 17.6. The van der Waals surface area contributed by atoms with E-state index in [0.717, 1.165) is 29.6 Å². The predicted octanol–water partition coefficient (Wildman–Crippen LogP) is 0.841. The van der Waals surface area contributed by atoms with Gasteiger partial charge in [-0.05, 0) is 24.3 Å². The van der Waals surface area contributed by atoms with Crippen LogP contribution in [0.25, 0.3) is 0 Å². The minimum atomic E-state index is 0.806. The largest absolute Gasteiger partial charge is 0.493 e. The molecule has 3 rings (SSSR count). The summed E-state index contributed by atoms with van der Waals surface area (Å²) in [6.45, 7) is 6.77. The Morgan fingerprint density at radius 3 is 2.08 bits per heavy atom. The lowest BCUT2D eigenvalue weighted by Crippen LogP contribution is -3.27. The molecule has 1 aliphatic heterocycles. The molecule has 134 valence electrons. The van der Waals surface area contributed by atoms with E-state index in [9.17, 15) is 0 Å². The molecule has 25 heavy (non-hydrogen) atoms. The number of piperazine rings is 1. The standard InChI is InChI=1S/C20H25ClN2O2/c1-24-19-5-3-4-17(20(19)25-2)15-23-12-10-22(11-13-23)14-16-6-8-18(21)9-7-16/h3-9H,10-15H2,1-2H3/p+2. The molecule has 0 bridgehead atoms. The first-order chi connectivity index (χ1) is 12.2. The highest BCUT2D eigenvalue weighted by Crippen LogP contribution is 2.30. The zero-order valence-electron chi connectivity index (χ0n) is 15.0. The van der Waals surface area contributed by atoms with Gasteiger partial charge in [-0.2, -0.15) is 0 Å². The summed E-state index contributed by atoms with van der Waals surface area (Å²) in [5, 5.41) is 0.806. The van der Waals surface area contributed by atoms with Crippen molar-refractivity contribution in [3.63, 3.8) is 0 Å². The van der Waals surface area contributed by atoms with Gasteiger partial charge in [0.05, 0.1) is 19.8 Å². The van der Waals surface area contributed by atoms with Gasteiger partial charge in [0.2, 0.25) is 0 Å². The molecule has 1 aliphatic rings. The highest BCUT2D eigenvalue weighted by molar-refractivity contribution is 6.30. The number of rotatable bonds is 6. The molecular formula is C20H27ClN2O2+2. The van der Waals surface area contributed by atoms with Crippen LogP contribution in [0.15, 0.2) is 42.5 Å². The van der Waals surface area contributed by atoms with Gasteiger partial charge in [0, 0.05) is 10.6 Å². The number of benzene rings is 2. The maximum absolute atomic E-state index is 5.97. The summed E-state index contributed by atoms with van der Waals surface area (Å²) in [6.07, 6.45) is 0. The summed E-state index contributed by atoms with van der Waals surface area (Å²) < 4.78 is 11.0. The van der Waals surface area contributed by atoms with E-state index in [4.69, 9.17) is 21.1 Å². The van der Waals surface area contributed by atoms with Gasteiger partial charge in [-0.1, -0.05) is 29.8 Å². The summed E-state index contributed by atoms with van der Waals surface area (Å²) in [7, 11) is 3.40. The quantitative estimate of drug-likeness (QED) is 0.797. The Morgan fingerprint density at radius 1 is 0.840 bits per heavy atom. The smallest absolute Gasteiger partial charge is 0.169 e. The van der Waals surface area contributed by atoms with E-state index in [2.05, 4.69) is 18.2 Å². The molecule has 1 fully saturated rings. The van der Waals surface area contributed by atoms with Gasteiger partial charge in [0.25, 0.3) is 0 Å². The monoisotopic (exact) mass is 362 g/mol. The first-order valence-corrected chi connectivity index (χ1v) is 9.19. The van der Waals surface area contributed by atoms with Gasteiger partial charge in [-0.3, -0.25) is 0 Å². The van der Waals surface area contributed by atoms with Gasteiger partial charge in [0.1, 0.15) is 39.3 Å². The third-order valence-electron chi connectivity index (χ3n) is 4.96. The second-order valence-electron chi connectivity index (χ2n) is 6.63. The number of methoxy groups -OCH3 is 2. The molecule has 0 atom stereocenters. The molecule has 0 aromatic heterocycles. The van der Waals surface area contributed by atoms with Crippen molar-refractivity contribution in [2.75, 3.05) is 40.4 Å². The summed E-state index contributed by atoms with van der Waals surface area (Å²) in [5.74, 6) is 1.68. The first-order valence-electron chi connectivity index (χ1n) is 8.81. The SMILES string of the molecule is COc1cccc(C[NH+]2CC[NH+](Cc3ccc(Cl)cc3)CC2)c1OC. The Kier molecular flexibility index (Phi) is 6.19. The Balaban J connectivity index is 1.55. The molecule has 0 unspecified atom stereocenters. The fourth-order valence-electron chi connectivity index (χ4n) is 3.56. The van der Waals surface area contributed by atoms with Crippen molar-refractivity contribution in [1.82, 2.24) is 0 Å². The van der Waals surface area contributed by atoms with Crippen LogP contribution in [0.5, 0.6) is 11.5 Å². The molecule has 4 nitrogen and oxygen atoms in total. The molecule has 0 spiro atoms. The second-order valence-corrected chi connectivity index (χ2v) is 7.07. The maximum Gasteiger partial charge on any atom is 0.169 e. The first kappa shape index (κ1) is 18.1. The van der Waals surface area contributed by atoms with Crippen LogP contribution in [-0.2, 0) is 13.1 Å². The molecule has 1 heterocycles. The molecule has 0 amide bonds. The van der Waals surface area contributed by atoms with E-state index in [0.29, 0.717) is 0 Å². The average Bonchev–Trinajstić information content (AvgIpc) is 2.65. The van der Waals surface area contributed by atoms with E-state index < -0.39 is 0 Å². The maximum atomic E-state index is 5.97. The van der Waals surface area contributed by atoms with Crippen LogP contribution < -0.4 is 19.3 Å². The van der Waals surface area contributed by atoms with Crippen LogP contribution in [0.1, 0.15) is 11.1 Å². The summed E-state index contributed by atoms with van der Waals surface area (Å²) in [5.41, 5.74) is 2.58. The molecule has 2 N–H and O–H groups in total. The Bertz CT molecular complexity index is 683. The third-order valence-corrected chi connectivity index (χ3v) is 5.21. The highest BCUT2D eigenvalue weighted by Gasteiger charge is 2.24. The van der Waals surface area contributed by atoms with Crippen molar-refractivity contribution >= 4 is 11.6 Å². The lowest BCUT2D eigenvalue weighted by molar-refractivity contribution is -1.02. The van der Waals surface area contributed by atoms with Crippen LogP contribution in [0, 0.1) is 0 Å². The van der Waals surface area contributed by atoms with Gasteiger partial charge in [-0.15, -0.1) is 0 Å². The number of hydrogen-bond acceptors (Lipinski definition) is 2. The van der Waals surface area contributed by atoms with Crippen LogP contribution in [0.4, 0.5) is 0 Å². The molecule has 5 heteroatoms. The minimum Gasteiger partial charge on any atom is -0.493 e. The number of hydrogen-bond donors (Lipinski definition) is 2. The van der Waals surface area contributed by atoms with Gasteiger partial charge >= 0.3 is 0 Å². The van der Waals surface area contributed by atoms with Crippen molar-refractivity contribution in [2.24, 2.45) is 0 Å². The normalized spacial score (nSPS) is 20.3. The van der Waals surface area contributed by atoms with Gasteiger partial charge in [0.15, 0.2) is 11.5 Å². The van der Waals surface area contributed by atoms with Crippen molar-refractivity contribution in [3.05, 3.63) is 58.6 Å². The van der Waals surface area contributed by atoms with Crippen LogP contribution in [0.2, 0.25) is 5.02 Å². The van der Waals surface area contributed by atoms with E-state index in [1.807, 2.05) is 24.3 Å². The third kappa shape index (κ3) is 4.66. The summed E-state index contributed by atoms with van der Waals surface area (Å²) >= 11 is 5.97. The molecule has 0 saturated carbocycles. The van der Waals surface area contributed by atoms with E-state index in [-0.39, 0.29) is 0 Å². The summed E-state index contributed by atoms with van der Waals surface area (Å²) in [4.78, 5) is 3.25. The fraction of sp³-hybridized carbons (Fsp3) is 0.400. The second kappa shape index (κ2) is 8.56. The van der Waals surface area contributed by atoms with Crippen molar-refractivity contribution in [2.45, 2.75) is 13.1 Å². The topological polar surface area (TPSA) is 27.3 Å². The Hall–Kier alpha value is -1.75. The number of nitrogens with one attached hydrogen (secondary N) is 2. The molecule has 0 radical (unpaired) electrons. The van der Waals surface area contributed by atoms with Crippen molar-refractivity contribution in [3.8, 4) is 11.5 Å². The highest BCUT2D eigenvalue weighted by atomic mass is 35.5. The van der Waals surface area contributed by atoms with E-state index in [1.165, 1.54) is 37.3 Å². The van der Waals surface area contributed by atoms with Crippen LogP contribution in [-0.4, -0.2) is 40.4 Å². The van der Waals surface area contributed by atoms with E-state index in [1.54, 1.807) is 24.0 Å². The molecule has 0 aliphatic carbocycles. The zero-order valence-corrected chi connectivity index (χ0v) is 15.7. The lowest BCUT2D eigenvalue weighted by atomic mass is 10.1. The van der Waals surface area contributed by atoms with Gasteiger partial charge < -0.3 is 19.3 Å². The fourth-order valence-corrected chi connectivity index (χ4v) is 3.69. The predicted molar refractivity (Wildman–Crippen MR) is 99.8 cm³/mol. The van der Waals surface area contributed by atoms with Gasteiger partial charge in [-0.25, -0.2) is 0 Å². The lowest BCUT2D eigenvalue weighted by Gasteiger charge is -2.30. The number of para-hydroxylation sites is 1. The average molecular weight is 363 g/mol. The van der Waals surface area contributed by atoms with Crippen molar-refractivity contribution < 1.29 is 19.3 Å². The molecule has 2 aromatic rings. The molecule has 1 saturated heterocycles. The minimum absolute atomic E-state index is 0.806. The van der Waals surface area contributed by atoms with Crippen LogP contribution in [0.3, 0.4) is 0 Å². The Labute approximate surface area is 154 Å².